The van der Waals surface area contributed by atoms with Crippen LogP contribution in [0.5, 0.6) is 23.0 Å². The third-order valence-electron chi connectivity index (χ3n) is 6.72. The average molecular weight is 577 g/mol. The molecular weight excluding hydrogens is 552 g/mol. The molecule has 0 fully saturated rings. The Kier molecular flexibility index (Phi) is 7.22. The van der Waals surface area contributed by atoms with Crippen molar-refractivity contribution in [3.05, 3.63) is 95.1 Å². The summed E-state index contributed by atoms with van der Waals surface area (Å²) in [7, 11) is 4.59. The Labute approximate surface area is 237 Å². The molecule has 8 nitrogen and oxygen atoms in total. The molecule has 0 saturated carbocycles. The molecule has 1 atom stereocenters. The Morgan fingerprint density at radius 2 is 1.77 bits per heavy atom. The van der Waals surface area contributed by atoms with E-state index in [-0.39, 0.29) is 19.0 Å². The van der Waals surface area contributed by atoms with Crippen LogP contribution in [0, 0.1) is 0 Å². The Balaban J connectivity index is 1.41. The van der Waals surface area contributed by atoms with E-state index in [1.54, 1.807) is 37.4 Å². The quantitative estimate of drug-likeness (QED) is 0.111. The van der Waals surface area contributed by atoms with Gasteiger partial charge in [0.25, 0.3) is 0 Å². The van der Waals surface area contributed by atoms with Crippen molar-refractivity contribution in [2.75, 3.05) is 31.8 Å². The number of aliphatic hydroxyl groups excluding tert-OH is 1. The second-order valence-electron chi connectivity index (χ2n) is 8.95. The Morgan fingerprint density at radius 1 is 0.950 bits per heavy atom. The van der Waals surface area contributed by atoms with Gasteiger partial charge < -0.3 is 28.8 Å². The monoisotopic (exact) mass is 576 g/mol. The summed E-state index contributed by atoms with van der Waals surface area (Å²) in [5.41, 5.74) is 1.17. The van der Waals surface area contributed by atoms with Crippen molar-refractivity contribution in [2.24, 2.45) is 0 Å². The molecule has 6 rings (SSSR count). The summed E-state index contributed by atoms with van der Waals surface area (Å²) in [6, 6.07) is 21.8. The van der Waals surface area contributed by atoms with Crippen LogP contribution in [0.1, 0.15) is 27.0 Å². The second-order valence-corrected chi connectivity index (χ2v) is 11.6. The molecule has 1 N–H and O–H groups in total. The zero-order valence-electron chi connectivity index (χ0n) is 21.4. The summed E-state index contributed by atoms with van der Waals surface area (Å²) < 4.78 is 29.0. The van der Waals surface area contributed by atoms with E-state index in [0.717, 1.165) is 10.8 Å². The van der Waals surface area contributed by atoms with Gasteiger partial charge in [0.1, 0.15) is 29.6 Å². The van der Waals surface area contributed by atoms with Gasteiger partial charge >= 0.3 is 12.1 Å². The van der Waals surface area contributed by atoms with Gasteiger partial charge in [-0.3, -0.25) is 0 Å². The molecule has 2 aliphatic heterocycles. The molecule has 2 aliphatic rings. The van der Waals surface area contributed by atoms with Gasteiger partial charge in [-0.05, 0) is 35.7 Å². The maximum absolute atomic E-state index is 13.2. The van der Waals surface area contributed by atoms with Crippen LogP contribution in [0.15, 0.2) is 72.8 Å². The van der Waals surface area contributed by atoms with E-state index in [1.807, 2.05) is 42.5 Å². The van der Waals surface area contributed by atoms with Gasteiger partial charge in [0.15, 0.2) is 5.60 Å². The molecule has 0 aromatic heterocycles. The van der Waals surface area contributed by atoms with E-state index in [4.69, 9.17) is 28.8 Å². The van der Waals surface area contributed by atoms with Gasteiger partial charge in [-0.25, -0.2) is 9.59 Å². The fourth-order valence-corrected chi connectivity index (χ4v) is 6.72. The lowest BCUT2D eigenvalue weighted by atomic mass is 9.77. The van der Waals surface area contributed by atoms with Gasteiger partial charge in [-0.15, -0.1) is 0 Å². The molecule has 0 amide bonds. The lowest BCUT2D eigenvalue weighted by molar-refractivity contribution is 0.0225. The predicted molar refractivity (Wildman–Crippen MR) is 153 cm³/mol. The number of carbonyl (C=O) groups is 2. The number of carbonyl (C=O) groups excluding carboxylic acids is 2. The highest BCUT2D eigenvalue weighted by molar-refractivity contribution is 8.76. The zero-order chi connectivity index (χ0) is 27.7. The van der Waals surface area contributed by atoms with Crippen LogP contribution in [0.2, 0.25) is 0 Å². The predicted octanol–water partition coefficient (Wildman–Crippen LogP) is 6.31. The van der Waals surface area contributed by atoms with Crippen LogP contribution in [0.4, 0.5) is 4.79 Å². The number of esters is 1. The zero-order valence-corrected chi connectivity index (χ0v) is 23.0. The van der Waals surface area contributed by atoms with Gasteiger partial charge in [0.05, 0.1) is 24.7 Å². The molecule has 40 heavy (non-hydrogen) atoms. The molecule has 4 aromatic rings. The Morgan fingerprint density at radius 3 is 2.62 bits per heavy atom. The first-order valence-electron chi connectivity index (χ1n) is 12.5. The summed E-state index contributed by atoms with van der Waals surface area (Å²) in [5, 5.41) is 10.5. The van der Waals surface area contributed by atoms with E-state index in [1.165, 1.54) is 21.6 Å². The molecule has 0 radical (unpaired) electrons. The normalized spacial score (nSPS) is 16.5. The van der Waals surface area contributed by atoms with Gasteiger partial charge in [-0.1, -0.05) is 58.0 Å². The van der Waals surface area contributed by atoms with Gasteiger partial charge in [-0.2, -0.15) is 0 Å². The van der Waals surface area contributed by atoms with E-state index < -0.39 is 17.7 Å². The molecule has 2 heterocycles. The third-order valence-corrected chi connectivity index (χ3v) is 9.07. The van der Waals surface area contributed by atoms with Crippen LogP contribution in [-0.4, -0.2) is 49.1 Å². The summed E-state index contributed by atoms with van der Waals surface area (Å²) >= 11 is 0. The first-order valence-corrected chi connectivity index (χ1v) is 15.0. The lowest BCUT2D eigenvalue weighted by Gasteiger charge is -2.37. The first kappa shape index (κ1) is 26.4. The van der Waals surface area contributed by atoms with E-state index in [9.17, 15) is 9.59 Å². The first-order chi connectivity index (χ1) is 19.6. The molecule has 0 aliphatic carbocycles. The Hall–Kier alpha value is -3.86. The van der Waals surface area contributed by atoms with Gasteiger partial charge in [0.2, 0.25) is 0 Å². The van der Waals surface area contributed by atoms with Crippen LogP contribution in [-0.2, 0) is 15.1 Å². The summed E-state index contributed by atoms with van der Waals surface area (Å²) in [6.45, 7) is 0.262. The SMILES string of the molecule is COc1cccc2ccc3c(c12)Oc1cc(OC(=O)OCCSSCCO)ccc1C31OC(=O)c2ccccc21. The van der Waals surface area contributed by atoms with Crippen LogP contribution < -0.4 is 14.2 Å². The number of ether oxygens (including phenoxy) is 5. The number of hydrogen-bond acceptors (Lipinski definition) is 10. The number of hydrogen-bond donors (Lipinski definition) is 1. The average Bonchev–Trinajstić information content (AvgIpc) is 3.27. The van der Waals surface area contributed by atoms with Crippen molar-refractivity contribution in [2.45, 2.75) is 5.60 Å². The minimum absolute atomic E-state index is 0.0973. The largest absolute Gasteiger partial charge is 0.513 e. The van der Waals surface area contributed by atoms with Crippen LogP contribution in [0.25, 0.3) is 10.8 Å². The topological polar surface area (TPSA) is 101 Å². The van der Waals surface area contributed by atoms with Gasteiger partial charge in [0, 0.05) is 34.3 Å². The number of rotatable bonds is 8. The number of aliphatic hydroxyl groups is 1. The smallest absolute Gasteiger partial charge is 0.496 e. The third kappa shape index (κ3) is 4.42. The molecular formula is C30H24O8S2. The van der Waals surface area contributed by atoms with Crippen molar-refractivity contribution in [1.29, 1.82) is 0 Å². The van der Waals surface area contributed by atoms with E-state index >= 15 is 0 Å². The molecule has 1 unspecified atom stereocenters. The summed E-state index contributed by atoms with van der Waals surface area (Å²) in [6.07, 6.45) is -0.844. The highest BCUT2D eigenvalue weighted by Crippen LogP contribution is 2.58. The molecule has 10 heteroatoms. The summed E-state index contributed by atoms with van der Waals surface area (Å²) in [4.78, 5) is 25.5. The standard InChI is InChI=1S/C30H24O8S2/c1-34-24-8-4-5-18-9-11-23-27(26(18)24)37-25-17-19(36-29(33)35-14-16-40-39-15-13-31)10-12-22(25)30(23)21-7-3-2-6-20(21)28(32)38-30/h2-12,17,31H,13-16H2,1H3. The minimum atomic E-state index is -1.27. The number of fused-ring (bicyclic) bond motifs is 8. The maximum atomic E-state index is 13.2. The molecule has 4 aromatic carbocycles. The molecule has 0 saturated heterocycles. The van der Waals surface area contributed by atoms with E-state index in [2.05, 4.69) is 0 Å². The minimum Gasteiger partial charge on any atom is -0.496 e. The van der Waals surface area contributed by atoms with Crippen molar-refractivity contribution in [3.63, 3.8) is 0 Å². The van der Waals surface area contributed by atoms with Crippen LogP contribution in [0.3, 0.4) is 0 Å². The highest BCUT2D eigenvalue weighted by Gasteiger charge is 2.54. The lowest BCUT2D eigenvalue weighted by Crippen LogP contribution is -2.33. The molecule has 1 spiro atoms. The van der Waals surface area contributed by atoms with Crippen molar-refractivity contribution < 1.29 is 38.4 Å². The van der Waals surface area contributed by atoms with Crippen LogP contribution >= 0.6 is 21.6 Å². The molecule has 204 valence electrons. The number of benzene rings is 4. The fraction of sp³-hybridized carbons (Fsp3) is 0.200. The highest BCUT2D eigenvalue weighted by atomic mass is 33.1. The fourth-order valence-electron chi connectivity index (χ4n) is 5.12. The van der Waals surface area contributed by atoms with E-state index in [0.29, 0.717) is 51.0 Å². The van der Waals surface area contributed by atoms with Crippen molar-refractivity contribution >= 4 is 44.5 Å². The second kappa shape index (κ2) is 11.0. The van der Waals surface area contributed by atoms with Crippen molar-refractivity contribution in [1.82, 2.24) is 0 Å². The summed E-state index contributed by atoms with van der Waals surface area (Å²) in [5.74, 6) is 2.42. The Bertz CT molecular complexity index is 1620. The number of methoxy groups -OCH3 is 1. The van der Waals surface area contributed by atoms with Crippen molar-refractivity contribution in [3.8, 4) is 23.0 Å². The molecule has 0 bridgehead atoms. The maximum Gasteiger partial charge on any atom is 0.513 e.